The molecule has 0 aliphatic carbocycles. The van der Waals surface area contributed by atoms with Gasteiger partial charge >= 0.3 is 0 Å². The van der Waals surface area contributed by atoms with Crippen molar-refractivity contribution in [2.45, 2.75) is 6.92 Å². The van der Waals surface area contributed by atoms with E-state index in [1.807, 2.05) is 29.9 Å². The van der Waals surface area contributed by atoms with Crippen LogP contribution in [0.25, 0.3) is 10.9 Å². The van der Waals surface area contributed by atoms with Crippen molar-refractivity contribution in [1.82, 2.24) is 9.55 Å². The third kappa shape index (κ3) is 1.13. The first-order valence-corrected chi connectivity index (χ1v) is 4.11. The van der Waals surface area contributed by atoms with E-state index in [2.05, 4.69) is 4.98 Å². The van der Waals surface area contributed by atoms with Gasteiger partial charge in [0.15, 0.2) is 5.78 Å². The van der Waals surface area contributed by atoms with E-state index < -0.39 is 0 Å². The van der Waals surface area contributed by atoms with Gasteiger partial charge in [0.25, 0.3) is 0 Å². The van der Waals surface area contributed by atoms with Gasteiger partial charge in [-0.05, 0) is 12.1 Å². The molecule has 0 aliphatic heterocycles. The molecular formula is C10H10N2O. The number of nitrogens with zero attached hydrogens (tertiary/aromatic N) is 2. The average molecular weight is 174 g/mol. The molecular weight excluding hydrogens is 164 g/mol. The summed E-state index contributed by atoms with van der Waals surface area (Å²) >= 11 is 0. The highest BCUT2D eigenvalue weighted by molar-refractivity contribution is 6.03. The standard InChI is InChI=1S/C10H10N2O/c1-7(13)9-10-8(3-5-11-9)4-6-12(10)2/h3-6H,1-2H3. The topological polar surface area (TPSA) is 34.9 Å². The lowest BCUT2D eigenvalue weighted by atomic mass is 10.2. The molecule has 3 nitrogen and oxygen atoms in total. The lowest BCUT2D eigenvalue weighted by Gasteiger charge is -2.00. The second kappa shape index (κ2) is 2.69. The van der Waals surface area contributed by atoms with Gasteiger partial charge in [-0.3, -0.25) is 9.78 Å². The van der Waals surface area contributed by atoms with Crippen LogP contribution in [0, 0.1) is 0 Å². The minimum Gasteiger partial charge on any atom is -0.349 e. The molecule has 0 saturated carbocycles. The Labute approximate surface area is 76.0 Å². The highest BCUT2D eigenvalue weighted by Crippen LogP contribution is 2.17. The molecule has 2 heterocycles. The van der Waals surface area contributed by atoms with E-state index in [9.17, 15) is 4.79 Å². The van der Waals surface area contributed by atoms with Crippen molar-refractivity contribution in [1.29, 1.82) is 0 Å². The Morgan fingerprint density at radius 3 is 2.92 bits per heavy atom. The number of ketones is 1. The molecule has 2 aromatic heterocycles. The van der Waals surface area contributed by atoms with Crippen LogP contribution in [0.4, 0.5) is 0 Å². The minimum atomic E-state index is 0.00685. The van der Waals surface area contributed by atoms with Gasteiger partial charge in [0, 0.05) is 31.8 Å². The van der Waals surface area contributed by atoms with Gasteiger partial charge < -0.3 is 4.57 Å². The number of hydrogen-bond donors (Lipinski definition) is 0. The molecule has 0 radical (unpaired) electrons. The molecule has 0 bridgehead atoms. The fraction of sp³-hybridized carbons (Fsp3) is 0.200. The Morgan fingerprint density at radius 1 is 1.46 bits per heavy atom. The summed E-state index contributed by atoms with van der Waals surface area (Å²) in [5.74, 6) is 0.00685. The average Bonchev–Trinajstić information content (AvgIpc) is 2.48. The van der Waals surface area contributed by atoms with Crippen molar-refractivity contribution in [3.05, 3.63) is 30.2 Å². The molecule has 0 spiro atoms. The van der Waals surface area contributed by atoms with Crippen LogP contribution < -0.4 is 0 Å². The van der Waals surface area contributed by atoms with Gasteiger partial charge in [0.2, 0.25) is 0 Å². The highest BCUT2D eigenvalue weighted by Gasteiger charge is 2.08. The van der Waals surface area contributed by atoms with E-state index in [1.165, 1.54) is 6.92 Å². The fourth-order valence-corrected chi connectivity index (χ4v) is 1.50. The summed E-state index contributed by atoms with van der Waals surface area (Å²) in [4.78, 5) is 15.3. The molecule has 0 N–H and O–H groups in total. The number of carbonyl (C=O) groups is 1. The van der Waals surface area contributed by atoms with E-state index in [4.69, 9.17) is 0 Å². The second-order valence-corrected chi connectivity index (χ2v) is 3.08. The van der Waals surface area contributed by atoms with Crippen molar-refractivity contribution in [3.8, 4) is 0 Å². The molecule has 0 aromatic carbocycles. The third-order valence-electron chi connectivity index (χ3n) is 2.12. The van der Waals surface area contributed by atoms with Crippen LogP contribution in [0.5, 0.6) is 0 Å². The first-order chi connectivity index (χ1) is 6.20. The Bertz CT molecular complexity index is 471. The maximum Gasteiger partial charge on any atom is 0.180 e. The first kappa shape index (κ1) is 7.98. The van der Waals surface area contributed by atoms with Crippen molar-refractivity contribution in [2.75, 3.05) is 0 Å². The van der Waals surface area contributed by atoms with E-state index in [1.54, 1.807) is 6.20 Å². The number of rotatable bonds is 1. The maximum absolute atomic E-state index is 11.2. The molecule has 0 atom stereocenters. The van der Waals surface area contributed by atoms with E-state index in [-0.39, 0.29) is 5.78 Å². The predicted molar refractivity (Wildman–Crippen MR) is 50.7 cm³/mol. The zero-order valence-corrected chi connectivity index (χ0v) is 7.61. The Hall–Kier alpha value is -1.64. The second-order valence-electron chi connectivity index (χ2n) is 3.08. The largest absolute Gasteiger partial charge is 0.349 e. The van der Waals surface area contributed by atoms with Gasteiger partial charge in [-0.1, -0.05) is 0 Å². The monoisotopic (exact) mass is 174 g/mol. The zero-order chi connectivity index (χ0) is 9.42. The fourth-order valence-electron chi connectivity index (χ4n) is 1.50. The van der Waals surface area contributed by atoms with Crippen LogP contribution in [-0.2, 0) is 7.05 Å². The van der Waals surface area contributed by atoms with Gasteiger partial charge in [-0.15, -0.1) is 0 Å². The van der Waals surface area contributed by atoms with Crippen LogP contribution in [0.15, 0.2) is 24.5 Å². The molecule has 0 fully saturated rings. The molecule has 0 unspecified atom stereocenters. The normalized spacial score (nSPS) is 10.6. The molecule has 2 rings (SSSR count). The molecule has 0 aliphatic rings. The summed E-state index contributed by atoms with van der Waals surface area (Å²) in [5.41, 5.74) is 1.46. The SMILES string of the molecule is CC(=O)c1nccc2ccn(C)c12. The Balaban J connectivity index is 2.88. The zero-order valence-electron chi connectivity index (χ0n) is 7.61. The maximum atomic E-state index is 11.2. The molecule has 13 heavy (non-hydrogen) atoms. The van der Waals surface area contributed by atoms with Gasteiger partial charge in [-0.2, -0.15) is 0 Å². The summed E-state index contributed by atoms with van der Waals surface area (Å²) in [6, 6.07) is 3.88. The minimum absolute atomic E-state index is 0.00685. The molecule has 66 valence electrons. The Morgan fingerprint density at radius 2 is 2.23 bits per heavy atom. The number of Topliss-reactive ketones (excluding diaryl/α,β-unsaturated/α-hetero) is 1. The molecule has 2 aromatic rings. The van der Waals surface area contributed by atoms with E-state index in [0.29, 0.717) is 5.69 Å². The summed E-state index contributed by atoms with van der Waals surface area (Å²) < 4.78 is 1.92. The Kier molecular flexibility index (Phi) is 1.65. The van der Waals surface area contributed by atoms with Crippen LogP contribution in [0.1, 0.15) is 17.4 Å². The molecule has 3 heteroatoms. The molecule has 0 saturated heterocycles. The lowest BCUT2D eigenvalue weighted by molar-refractivity contribution is 0.101. The highest BCUT2D eigenvalue weighted by atomic mass is 16.1. The quantitative estimate of drug-likeness (QED) is 0.617. The van der Waals surface area contributed by atoms with Crippen molar-refractivity contribution in [2.24, 2.45) is 7.05 Å². The lowest BCUT2D eigenvalue weighted by Crippen LogP contribution is -2.00. The van der Waals surface area contributed by atoms with Gasteiger partial charge in [-0.25, -0.2) is 0 Å². The summed E-state index contributed by atoms with van der Waals surface area (Å²) in [6.07, 6.45) is 3.60. The van der Waals surface area contributed by atoms with Crippen LogP contribution in [-0.4, -0.2) is 15.3 Å². The van der Waals surface area contributed by atoms with Crippen molar-refractivity contribution in [3.63, 3.8) is 0 Å². The third-order valence-corrected chi connectivity index (χ3v) is 2.12. The summed E-state index contributed by atoms with van der Waals surface area (Å²) in [7, 11) is 1.91. The van der Waals surface area contributed by atoms with Crippen molar-refractivity contribution < 1.29 is 4.79 Å². The number of fused-ring (bicyclic) bond motifs is 1. The van der Waals surface area contributed by atoms with Gasteiger partial charge in [0.05, 0.1) is 5.52 Å². The van der Waals surface area contributed by atoms with E-state index in [0.717, 1.165) is 10.9 Å². The van der Waals surface area contributed by atoms with Crippen LogP contribution >= 0.6 is 0 Å². The number of carbonyl (C=O) groups excluding carboxylic acids is 1. The van der Waals surface area contributed by atoms with Crippen molar-refractivity contribution >= 4 is 16.7 Å². The first-order valence-electron chi connectivity index (χ1n) is 4.11. The van der Waals surface area contributed by atoms with Crippen LogP contribution in [0.3, 0.4) is 0 Å². The molecule has 0 amide bonds. The number of hydrogen-bond acceptors (Lipinski definition) is 2. The van der Waals surface area contributed by atoms with E-state index >= 15 is 0 Å². The number of aromatic nitrogens is 2. The van der Waals surface area contributed by atoms with Crippen LogP contribution in [0.2, 0.25) is 0 Å². The number of aryl methyl sites for hydroxylation is 1. The van der Waals surface area contributed by atoms with Gasteiger partial charge in [0.1, 0.15) is 5.69 Å². The smallest absolute Gasteiger partial charge is 0.180 e. The summed E-state index contributed by atoms with van der Waals surface area (Å²) in [5, 5.41) is 1.06. The predicted octanol–water partition coefficient (Wildman–Crippen LogP) is 1.78. The number of pyridine rings is 1. The summed E-state index contributed by atoms with van der Waals surface area (Å²) in [6.45, 7) is 1.54.